The molecule has 4 aliphatic carbocycles. The van der Waals surface area contributed by atoms with Crippen LogP contribution in [0.3, 0.4) is 0 Å². The van der Waals surface area contributed by atoms with Gasteiger partial charge in [-0.3, -0.25) is 4.79 Å². The summed E-state index contributed by atoms with van der Waals surface area (Å²) in [5.41, 5.74) is 1.07. The van der Waals surface area contributed by atoms with Crippen LogP contribution in [0, 0.1) is 23.2 Å². The minimum atomic E-state index is 0.0416. The molecule has 5 rings (SSSR count). The number of nitrogens with one attached hydrogen (secondary N) is 1. The zero-order chi connectivity index (χ0) is 15.3. The maximum absolute atomic E-state index is 12.5. The molecule has 0 radical (unpaired) electrons. The smallest absolute Gasteiger partial charge is 0.251 e. The van der Waals surface area contributed by atoms with Gasteiger partial charge >= 0.3 is 0 Å². The van der Waals surface area contributed by atoms with Crippen molar-refractivity contribution in [1.29, 1.82) is 0 Å². The molecule has 0 aliphatic heterocycles. The van der Waals surface area contributed by atoms with Crippen LogP contribution in [-0.4, -0.2) is 11.9 Å². The summed E-state index contributed by atoms with van der Waals surface area (Å²) in [6.07, 6.45) is 8.29. The van der Waals surface area contributed by atoms with E-state index in [0.29, 0.717) is 16.0 Å². The second-order valence-electron chi connectivity index (χ2n) is 7.98. The Bertz CT molecular complexity index is 544. The lowest BCUT2D eigenvalue weighted by Crippen LogP contribution is -2.55. The molecule has 0 saturated heterocycles. The summed E-state index contributed by atoms with van der Waals surface area (Å²) in [7, 11) is 0. The summed E-state index contributed by atoms with van der Waals surface area (Å²) >= 11 is 5.90. The third kappa shape index (κ3) is 2.46. The summed E-state index contributed by atoms with van der Waals surface area (Å²) in [5.74, 6) is 2.79. The van der Waals surface area contributed by atoms with Crippen LogP contribution in [0.25, 0.3) is 0 Å². The highest BCUT2D eigenvalue weighted by Crippen LogP contribution is 2.61. The molecule has 22 heavy (non-hydrogen) atoms. The summed E-state index contributed by atoms with van der Waals surface area (Å²) in [6.45, 7) is 2.22. The zero-order valence-electron chi connectivity index (χ0n) is 13.1. The third-order valence-electron chi connectivity index (χ3n) is 6.46. The molecule has 4 bridgehead atoms. The first-order valence-corrected chi connectivity index (χ1v) is 8.98. The molecule has 0 unspecified atom stereocenters. The first kappa shape index (κ1) is 14.6. The Balaban J connectivity index is 1.49. The van der Waals surface area contributed by atoms with Crippen molar-refractivity contribution < 1.29 is 4.79 Å². The topological polar surface area (TPSA) is 29.1 Å². The average molecular weight is 318 g/mol. The van der Waals surface area contributed by atoms with E-state index in [2.05, 4.69) is 12.2 Å². The van der Waals surface area contributed by atoms with E-state index in [4.69, 9.17) is 11.6 Å². The maximum atomic E-state index is 12.5. The Morgan fingerprint density at radius 3 is 2.09 bits per heavy atom. The second kappa shape index (κ2) is 5.26. The Hall–Kier alpha value is -1.02. The Kier molecular flexibility index (Phi) is 3.48. The minimum Gasteiger partial charge on any atom is -0.349 e. The fourth-order valence-electron chi connectivity index (χ4n) is 5.74. The molecule has 4 saturated carbocycles. The fraction of sp³-hybridized carbons (Fsp3) is 0.632. The van der Waals surface area contributed by atoms with Gasteiger partial charge in [-0.1, -0.05) is 11.6 Å². The standard InChI is InChI=1S/C19H24ClNO/c1-12(21-18(22)16-2-4-17(20)5-3-16)19-9-13-6-14(10-19)8-15(7-13)11-19/h2-5,12-15H,6-11H2,1H3,(H,21,22)/t12-,13?,14?,15?,19?/m1/s1. The predicted molar refractivity (Wildman–Crippen MR) is 89.0 cm³/mol. The van der Waals surface area contributed by atoms with Gasteiger partial charge in [0.15, 0.2) is 0 Å². The van der Waals surface area contributed by atoms with E-state index in [0.717, 1.165) is 17.8 Å². The molecule has 2 nitrogen and oxygen atoms in total. The first-order chi connectivity index (χ1) is 10.5. The van der Waals surface area contributed by atoms with E-state index in [1.807, 2.05) is 12.1 Å². The van der Waals surface area contributed by atoms with Crippen LogP contribution in [0.1, 0.15) is 55.8 Å². The van der Waals surface area contributed by atoms with Crippen molar-refractivity contribution in [2.75, 3.05) is 0 Å². The van der Waals surface area contributed by atoms with E-state index >= 15 is 0 Å². The van der Waals surface area contributed by atoms with E-state index < -0.39 is 0 Å². The molecule has 3 heteroatoms. The molecule has 0 spiro atoms. The van der Waals surface area contributed by atoms with Gasteiger partial charge < -0.3 is 5.32 Å². The molecular weight excluding hydrogens is 294 g/mol. The largest absolute Gasteiger partial charge is 0.349 e. The number of rotatable bonds is 3. The van der Waals surface area contributed by atoms with Crippen LogP contribution in [-0.2, 0) is 0 Å². The van der Waals surface area contributed by atoms with E-state index in [9.17, 15) is 4.79 Å². The molecular formula is C19H24ClNO. The SMILES string of the molecule is C[C@@H](NC(=O)c1ccc(Cl)cc1)C12CC3CC(CC(C3)C1)C2. The van der Waals surface area contributed by atoms with Crippen molar-refractivity contribution in [1.82, 2.24) is 5.32 Å². The van der Waals surface area contributed by atoms with Gasteiger partial charge in [-0.25, -0.2) is 0 Å². The summed E-state index contributed by atoms with van der Waals surface area (Å²) < 4.78 is 0. The van der Waals surface area contributed by atoms with Crippen LogP contribution in [0.2, 0.25) is 5.02 Å². The van der Waals surface area contributed by atoms with Gasteiger partial charge in [0.25, 0.3) is 5.91 Å². The normalized spacial score (nSPS) is 37.1. The quantitative estimate of drug-likeness (QED) is 0.862. The Labute approximate surface area is 137 Å². The highest BCUT2D eigenvalue weighted by molar-refractivity contribution is 6.30. The molecule has 1 aromatic rings. The lowest BCUT2D eigenvalue weighted by molar-refractivity contribution is -0.0688. The monoisotopic (exact) mass is 317 g/mol. The van der Waals surface area contributed by atoms with E-state index in [1.165, 1.54) is 38.5 Å². The van der Waals surface area contributed by atoms with Gasteiger partial charge in [0.1, 0.15) is 0 Å². The van der Waals surface area contributed by atoms with Crippen molar-refractivity contribution >= 4 is 17.5 Å². The molecule has 0 aromatic heterocycles. The highest BCUT2D eigenvalue weighted by Gasteiger charge is 2.53. The third-order valence-corrected chi connectivity index (χ3v) is 6.71. The number of halogens is 1. The van der Waals surface area contributed by atoms with Crippen molar-refractivity contribution in [3.05, 3.63) is 34.9 Å². The van der Waals surface area contributed by atoms with Gasteiger partial charge in [0, 0.05) is 16.6 Å². The number of carbonyl (C=O) groups excluding carboxylic acids is 1. The zero-order valence-corrected chi connectivity index (χ0v) is 13.9. The molecule has 1 aromatic carbocycles. The Morgan fingerprint density at radius 1 is 1.09 bits per heavy atom. The molecule has 4 aliphatic rings. The summed E-state index contributed by atoms with van der Waals surface area (Å²) in [6, 6.07) is 7.45. The summed E-state index contributed by atoms with van der Waals surface area (Å²) in [5, 5.41) is 3.96. The van der Waals surface area contributed by atoms with Crippen molar-refractivity contribution in [3.8, 4) is 0 Å². The van der Waals surface area contributed by atoms with Crippen LogP contribution in [0.5, 0.6) is 0 Å². The minimum absolute atomic E-state index is 0.0416. The number of hydrogen-bond acceptors (Lipinski definition) is 1. The maximum Gasteiger partial charge on any atom is 0.251 e. The van der Waals surface area contributed by atoms with Gasteiger partial charge in [-0.15, -0.1) is 0 Å². The van der Waals surface area contributed by atoms with Crippen LogP contribution < -0.4 is 5.32 Å². The molecule has 1 amide bonds. The van der Waals surface area contributed by atoms with Gasteiger partial charge in [0.05, 0.1) is 0 Å². The number of carbonyl (C=O) groups is 1. The molecule has 1 N–H and O–H groups in total. The Morgan fingerprint density at radius 2 is 1.59 bits per heavy atom. The predicted octanol–water partition coefficient (Wildman–Crippen LogP) is 4.67. The van der Waals surface area contributed by atoms with Gasteiger partial charge in [0.2, 0.25) is 0 Å². The van der Waals surface area contributed by atoms with Crippen molar-refractivity contribution in [2.24, 2.45) is 23.2 Å². The number of amides is 1. The molecule has 118 valence electrons. The van der Waals surface area contributed by atoms with Crippen molar-refractivity contribution in [3.63, 3.8) is 0 Å². The van der Waals surface area contributed by atoms with Crippen molar-refractivity contribution in [2.45, 2.75) is 51.5 Å². The number of benzene rings is 1. The van der Waals surface area contributed by atoms with E-state index in [-0.39, 0.29) is 11.9 Å². The number of hydrogen-bond donors (Lipinski definition) is 1. The second-order valence-corrected chi connectivity index (χ2v) is 8.42. The highest BCUT2D eigenvalue weighted by atomic mass is 35.5. The lowest BCUT2D eigenvalue weighted by Gasteiger charge is -2.59. The van der Waals surface area contributed by atoms with Crippen LogP contribution >= 0.6 is 11.6 Å². The lowest BCUT2D eigenvalue weighted by atomic mass is 9.48. The van der Waals surface area contributed by atoms with Crippen LogP contribution in [0.15, 0.2) is 24.3 Å². The molecule has 1 atom stereocenters. The summed E-state index contributed by atoms with van der Waals surface area (Å²) in [4.78, 5) is 12.5. The first-order valence-electron chi connectivity index (χ1n) is 8.60. The fourth-order valence-corrected chi connectivity index (χ4v) is 5.87. The average Bonchev–Trinajstić information content (AvgIpc) is 2.46. The molecule has 0 heterocycles. The van der Waals surface area contributed by atoms with Gasteiger partial charge in [-0.2, -0.15) is 0 Å². The molecule has 4 fully saturated rings. The van der Waals surface area contributed by atoms with Crippen LogP contribution in [0.4, 0.5) is 0 Å². The van der Waals surface area contributed by atoms with E-state index in [1.54, 1.807) is 12.1 Å². The van der Waals surface area contributed by atoms with Gasteiger partial charge in [-0.05, 0) is 92.9 Å².